The lowest BCUT2D eigenvalue weighted by atomic mass is 10.1. The summed E-state index contributed by atoms with van der Waals surface area (Å²) >= 11 is 12.2. The van der Waals surface area contributed by atoms with Crippen LogP contribution in [0.4, 0.5) is 0 Å². The van der Waals surface area contributed by atoms with Crippen LogP contribution in [0.1, 0.15) is 23.4 Å². The lowest BCUT2D eigenvalue weighted by molar-refractivity contribution is -0.121. The zero-order valence-corrected chi connectivity index (χ0v) is 16.4. The maximum Gasteiger partial charge on any atom is 0.220 e. The molecular weight excluding hydrogens is 381 g/mol. The summed E-state index contributed by atoms with van der Waals surface area (Å²) < 4.78 is 2.10. The molecule has 0 saturated carbocycles. The highest BCUT2D eigenvalue weighted by molar-refractivity contribution is 6.42. The molecule has 0 unspecified atom stereocenters. The molecule has 1 heterocycles. The molecule has 0 radical (unpaired) electrons. The molecule has 3 rings (SSSR count). The Hall–Kier alpha value is -2.30. The van der Waals surface area contributed by atoms with Crippen molar-refractivity contribution in [3.63, 3.8) is 0 Å². The lowest BCUT2D eigenvalue weighted by Crippen LogP contribution is -2.26. The van der Waals surface area contributed by atoms with Crippen molar-refractivity contribution in [2.24, 2.45) is 0 Å². The van der Waals surface area contributed by atoms with Crippen LogP contribution in [-0.4, -0.2) is 22.0 Å². The Kier molecular flexibility index (Phi) is 6.91. The van der Waals surface area contributed by atoms with Gasteiger partial charge < -0.3 is 9.88 Å². The van der Waals surface area contributed by atoms with Crippen LogP contribution in [0.15, 0.2) is 60.9 Å². The van der Waals surface area contributed by atoms with E-state index in [-0.39, 0.29) is 5.91 Å². The van der Waals surface area contributed by atoms with Gasteiger partial charge >= 0.3 is 0 Å². The molecule has 1 amide bonds. The quantitative estimate of drug-likeness (QED) is 0.602. The maximum atomic E-state index is 12.1. The monoisotopic (exact) mass is 401 g/mol. The van der Waals surface area contributed by atoms with E-state index in [9.17, 15) is 4.79 Å². The Bertz CT molecular complexity index is 893. The number of aromatic nitrogens is 2. The van der Waals surface area contributed by atoms with E-state index in [1.807, 2.05) is 36.5 Å². The van der Waals surface area contributed by atoms with Gasteiger partial charge in [-0.15, -0.1) is 0 Å². The van der Waals surface area contributed by atoms with Crippen molar-refractivity contribution in [2.45, 2.75) is 25.8 Å². The average molecular weight is 402 g/mol. The molecule has 0 saturated heterocycles. The fraction of sp³-hybridized carbons (Fsp3) is 0.238. The molecule has 6 heteroatoms. The molecule has 1 aromatic heterocycles. The highest BCUT2D eigenvalue weighted by Crippen LogP contribution is 2.26. The first kappa shape index (κ1) is 19.5. The SMILES string of the molecule is O=C(CCc1cccc(Cl)c1Cl)NCCc1nccn1Cc1ccccc1. The minimum atomic E-state index is -0.00722. The summed E-state index contributed by atoms with van der Waals surface area (Å²) in [5, 5.41) is 3.98. The molecule has 0 aliphatic rings. The molecule has 0 atom stereocenters. The number of aryl methyl sites for hydroxylation is 1. The summed E-state index contributed by atoms with van der Waals surface area (Å²) in [4.78, 5) is 16.5. The predicted molar refractivity (Wildman–Crippen MR) is 109 cm³/mol. The smallest absolute Gasteiger partial charge is 0.220 e. The highest BCUT2D eigenvalue weighted by Gasteiger charge is 2.08. The summed E-state index contributed by atoms with van der Waals surface area (Å²) in [5.41, 5.74) is 2.11. The van der Waals surface area contributed by atoms with Crippen molar-refractivity contribution in [1.29, 1.82) is 0 Å². The fourth-order valence-corrected chi connectivity index (χ4v) is 3.30. The standard InChI is InChI=1S/C21H21Cl2N3O/c22-18-8-4-7-17(21(18)23)9-10-20(27)25-12-11-19-24-13-14-26(19)15-16-5-2-1-3-6-16/h1-8,13-14H,9-12,15H2,(H,25,27). The number of hydrogen-bond donors (Lipinski definition) is 1. The van der Waals surface area contributed by atoms with Crippen LogP contribution in [0.5, 0.6) is 0 Å². The number of benzene rings is 2. The number of hydrogen-bond acceptors (Lipinski definition) is 2. The first-order valence-corrected chi connectivity index (χ1v) is 9.62. The summed E-state index contributed by atoms with van der Waals surface area (Å²) in [6.45, 7) is 1.32. The summed E-state index contributed by atoms with van der Waals surface area (Å²) in [5.74, 6) is 0.948. The van der Waals surface area contributed by atoms with Crippen molar-refractivity contribution in [3.05, 3.63) is 87.9 Å². The van der Waals surface area contributed by atoms with Gasteiger partial charge in [-0.2, -0.15) is 0 Å². The van der Waals surface area contributed by atoms with Crippen LogP contribution >= 0.6 is 23.2 Å². The second-order valence-electron chi connectivity index (χ2n) is 6.27. The molecule has 27 heavy (non-hydrogen) atoms. The molecule has 0 fully saturated rings. The molecule has 4 nitrogen and oxygen atoms in total. The Labute approximate surface area is 169 Å². The number of amides is 1. The van der Waals surface area contributed by atoms with Crippen molar-refractivity contribution in [2.75, 3.05) is 6.54 Å². The molecular formula is C21H21Cl2N3O. The van der Waals surface area contributed by atoms with Crippen molar-refractivity contribution < 1.29 is 4.79 Å². The Morgan fingerprint density at radius 2 is 1.85 bits per heavy atom. The van der Waals surface area contributed by atoms with E-state index in [4.69, 9.17) is 23.2 Å². The molecule has 0 spiro atoms. The van der Waals surface area contributed by atoms with Crippen molar-refractivity contribution >= 4 is 29.1 Å². The van der Waals surface area contributed by atoms with Gasteiger partial charge in [-0.3, -0.25) is 4.79 Å². The number of halogens is 2. The Morgan fingerprint density at radius 3 is 2.67 bits per heavy atom. The zero-order valence-electron chi connectivity index (χ0n) is 14.9. The fourth-order valence-electron chi connectivity index (χ4n) is 2.88. The van der Waals surface area contributed by atoms with Gasteiger partial charge in [-0.25, -0.2) is 4.98 Å². The third-order valence-corrected chi connectivity index (χ3v) is 5.18. The Morgan fingerprint density at radius 1 is 1.04 bits per heavy atom. The highest BCUT2D eigenvalue weighted by atomic mass is 35.5. The van der Waals surface area contributed by atoms with Gasteiger partial charge in [0, 0.05) is 38.3 Å². The van der Waals surface area contributed by atoms with Crippen LogP contribution in [0.2, 0.25) is 10.0 Å². The topological polar surface area (TPSA) is 46.9 Å². The number of carbonyl (C=O) groups excluding carboxylic acids is 1. The molecule has 3 aromatic rings. The normalized spacial score (nSPS) is 10.7. The number of imidazole rings is 1. The number of nitrogens with zero attached hydrogens (tertiary/aromatic N) is 2. The van der Waals surface area contributed by atoms with Gasteiger partial charge in [-0.05, 0) is 23.6 Å². The third-order valence-electron chi connectivity index (χ3n) is 4.32. The second-order valence-corrected chi connectivity index (χ2v) is 7.06. The van der Waals surface area contributed by atoms with E-state index in [1.165, 1.54) is 5.56 Å². The van der Waals surface area contributed by atoms with E-state index in [0.29, 0.717) is 35.9 Å². The van der Waals surface area contributed by atoms with Gasteiger partial charge in [0.2, 0.25) is 5.91 Å². The van der Waals surface area contributed by atoms with E-state index in [1.54, 1.807) is 12.3 Å². The largest absolute Gasteiger partial charge is 0.356 e. The molecule has 0 bridgehead atoms. The third kappa shape index (κ3) is 5.59. The first-order chi connectivity index (χ1) is 13.1. The van der Waals surface area contributed by atoms with Crippen molar-refractivity contribution in [3.8, 4) is 0 Å². The summed E-state index contributed by atoms with van der Waals surface area (Å²) in [6.07, 6.45) is 5.38. The molecule has 1 N–H and O–H groups in total. The molecule has 2 aromatic carbocycles. The number of rotatable bonds is 8. The van der Waals surface area contributed by atoms with Gasteiger partial charge in [0.1, 0.15) is 5.82 Å². The predicted octanol–water partition coefficient (Wildman–Crippen LogP) is 4.53. The van der Waals surface area contributed by atoms with E-state index in [0.717, 1.165) is 17.9 Å². The molecule has 140 valence electrons. The summed E-state index contributed by atoms with van der Waals surface area (Å²) in [7, 11) is 0. The summed E-state index contributed by atoms with van der Waals surface area (Å²) in [6, 6.07) is 15.7. The average Bonchev–Trinajstić information content (AvgIpc) is 3.11. The number of nitrogens with one attached hydrogen (secondary N) is 1. The molecule has 0 aliphatic carbocycles. The minimum absolute atomic E-state index is 0.00722. The van der Waals surface area contributed by atoms with E-state index < -0.39 is 0 Å². The van der Waals surface area contributed by atoms with Gasteiger partial charge in [0.25, 0.3) is 0 Å². The molecule has 0 aliphatic heterocycles. The Balaban J connectivity index is 1.45. The number of carbonyl (C=O) groups is 1. The van der Waals surface area contributed by atoms with E-state index >= 15 is 0 Å². The van der Waals surface area contributed by atoms with Crippen LogP contribution in [0, 0.1) is 0 Å². The van der Waals surface area contributed by atoms with Crippen molar-refractivity contribution in [1.82, 2.24) is 14.9 Å². The zero-order chi connectivity index (χ0) is 19.1. The maximum absolute atomic E-state index is 12.1. The van der Waals surface area contributed by atoms with E-state index in [2.05, 4.69) is 27.0 Å². The minimum Gasteiger partial charge on any atom is -0.356 e. The van der Waals surface area contributed by atoms with Crippen LogP contribution in [0.25, 0.3) is 0 Å². The van der Waals surface area contributed by atoms with Crippen LogP contribution in [0.3, 0.4) is 0 Å². The van der Waals surface area contributed by atoms with Gasteiger partial charge in [0.05, 0.1) is 10.0 Å². The van der Waals surface area contributed by atoms with Gasteiger partial charge in [-0.1, -0.05) is 65.7 Å². The lowest BCUT2D eigenvalue weighted by Gasteiger charge is -2.09. The van der Waals surface area contributed by atoms with Crippen LogP contribution < -0.4 is 5.32 Å². The first-order valence-electron chi connectivity index (χ1n) is 8.87. The second kappa shape index (κ2) is 9.58. The van der Waals surface area contributed by atoms with Gasteiger partial charge in [0.15, 0.2) is 0 Å². The van der Waals surface area contributed by atoms with Crippen LogP contribution in [-0.2, 0) is 24.2 Å².